The van der Waals surface area contributed by atoms with Crippen molar-refractivity contribution in [3.05, 3.63) is 34.1 Å². The molecule has 0 heterocycles. The van der Waals surface area contributed by atoms with Crippen molar-refractivity contribution in [2.75, 3.05) is 13.2 Å². The van der Waals surface area contributed by atoms with Crippen LogP contribution in [0.25, 0.3) is 0 Å². The molecule has 1 aromatic rings. The average molecular weight is 282 g/mol. The molecular formula is C14H19FN2O3. The molecule has 1 aliphatic rings. The van der Waals surface area contributed by atoms with Crippen molar-refractivity contribution < 1.29 is 14.1 Å². The van der Waals surface area contributed by atoms with Gasteiger partial charge < -0.3 is 10.5 Å². The Morgan fingerprint density at radius 2 is 2.05 bits per heavy atom. The second kappa shape index (κ2) is 6.65. The first-order chi connectivity index (χ1) is 9.63. The number of nitrogens with zero attached hydrogens (tertiary/aromatic N) is 1. The van der Waals surface area contributed by atoms with E-state index in [2.05, 4.69) is 0 Å². The van der Waals surface area contributed by atoms with Gasteiger partial charge in [0.2, 0.25) is 5.82 Å². The smallest absolute Gasteiger partial charge is 0.346 e. The molecule has 1 saturated carbocycles. The molecule has 0 aliphatic heterocycles. The van der Waals surface area contributed by atoms with E-state index in [1.54, 1.807) is 0 Å². The fraction of sp³-hybridized carbons (Fsp3) is 0.571. The third kappa shape index (κ3) is 3.25. The van der Waals surface area contributed by atoms with Crippen molar-refractivity contribution in [1.82, 2.24) is 0 Å². The van der Waals surface area contributed by atoms with E-state index >= 15 is 0 Å². The Kier molecular flexibility index (Phi) is 4.89. The van der Waals surface area contributed by atoms with Gasteiger partial charge in [0, 0.05) is 0 Å². The van der Waals surface area contributed by atoms with Crippen molar-refractivity contribution in [3.63, 3.8) is 0 Å². The molecule has 0 radical (unpaired) electrons. The molecule has 2 unspecified atom stereocenters. The number of rotatable bonds is 5. The zero-order valence-electron chi connectivity index (χ0n) is 11.3. The molecule has 0 spiro atoms. The maximum atomic E-state index is 13.5. The standard InChI is InChI=1S/C14H19FN2O3/c15-12-6-3-7-13(14(12)17(18)19)20-9-11-5-2-1-4-10(11)8-16/h3,6-7,10-11H,1-2,4-5,8-9,16H2. The summed E-state index contributed by atoms with van der Waals surface area (Å²) in [6.07, 6.45) is 4.36. The van der Waals surface area contributed by atoms with Gasteiger partial charge >= 0.3 is 5.69 Å². The van der Waals surface area contributed by atoms with Gasteiger partial charge in [-0.2, -0.15) is 4.39 Å². The summed E-state index contributed by atoms with van der Waals surface area (Å²) in [6.45, 7) is 0.950. The number of hydrogen-bond acceptors (Lipinski definition) is 4. The van der Waals surface area contributed by atoms with Crippen molar-refractivity contribution in [2.24, 2.45) is 17.6 Å². The number of nitro benzene ring substituents is 1. The van der Waals surface area contributed by atoms with Gasteiger partial charge in [0.1, 0.15) is 0 Å². The van der Waals surface area contributed by atoms with Crippen LogP contribution in [0, 0.1) is 27.8 Å². The van der Waals surface area contributed by atoms with Crippen LogP contribution in [-0.4, -0.2) is 18.1 Å². The highest BCUT2D eigenvalue weighted by Crippen LogP contribution is 2.33. The van der Waals surface area contributed by atoms with E-state index in [0.717, 1.165) is 25.3 Å². The Labute approximate surface area is 117 Å². The van der Waals surface area contributed by atoms with E-state index in [-0.39, 0.29) is 11.7 Å². The Bertz CT molecular complexity index is 481. The summed E-state index contributed by atoms with van der Waals surface area (Å²) in [5, 5.41) is 10.9. The Balaban J connectivity index is 2.07. The highest BCUT2D eigenvalue weighted by atomic mass is 19.1. The first kappa shape index (κ1) is 14.7. The third-order valence-corrected chi connectivity index (χ3v) is 3.95. The second-order valence-electron chi connectivity index (χ2n) is 5.20. The minimum atomic E-state index is -0.869. The summed E-state index contributed by atoms with van der Waals surface area (Å²) >= 11 is 0. The minimum Gasteiger partial charge on any atom is -0.486 e. The van der Waals surface area contributed by atoms with Crippen LogP contribution in [0.4, 0.5) is 10.1 Å². The van der Waals surface area contributed by atoms with E-state index in [1.807, 2.05) is 0 Å². The van der Waals surface area contributed by atoms with E-state index in [9.17, 15) is 14.5 Å². The number of hydrogen-bond donors (Lipinski definition) is 1. The molecular weight excluding hydrogens is 263 g/mol. The molecule has 20 heavy (non-hydrogen) atoms. The van der Waals surface area contributed by atoms with Crippen LogP contribution in [0.15, 0.2) is 18.2 Å². The fourth-order valence-corrected chi connectivity index (χ4v) is 2.80. The lowest BCUT2D eigenvalue weighted by atomic mass is 9.80. The lowest BCUT2D eigenvalue weighted by Gasteiger charge is -2.30. The maximum Gasteiger partial charge on any atom is 0.346 e. The second-order valence-corrected chi connectivity index (χ2v) is 5.20. The molecule has 2 N–H and O–H groups in total. The van der Waals surface area contributed by atoms with Crippen molar-refractivity contribution >= 4 is 5.69 Å². The lowest BCUT2D eigenvalue weighted by molar-refractivity contribution is -0.388. The quantitative estimate of drug-likeness (QED) is 0.665. The van der Waals surface area contributed by atoms with Crippen LogP contribution in [0.3, 0.4) is 0 Å². The molecule has 5 nitrogen and oxygen atoms in total. The predicted molar refractivity (Wildman–Crippen MR) is 73.1 cm³/mol. The fourth-order valence-electron chi connectivity index (χ4n) is 2.80. The molecule has 1 aliphatic carbocycles. The SMILES string of the molecule is NCC1CCCCC1COc1cccc(F)c1[N+](=O)[O-]. The van der Waals surface area contributed by atoms with Gasteiger partial charge in [-0.1, -0.05) is 18.9 Å². The number of nitro groups is 1. The van der Waals surface area contributed by atoms with Gasteiger partial charge in [-0.3, -0.25) is 10.1 Å². The Morgan fingerprint density at radius 3 is 2.70 bits per heavy atom. The molecule has 2 rings (SSSR count). The van der Waals surface area contributed by atoms with E-state index in [0.29, 0.717) is 19.1 Å². The third-order valence-electron chi connectivity index (χ3n) is 3.95. The van der Waals surface area contributed by atoms with Gasteiger partial charge in [0.05, 0.1) is 11.5 Å². The summed E-state index contributed by atoms with van der Waals surface area (Å²) in [5.74, 6) is -0.198. The monoisotopic (exact) mass is 282 g/mol. The first-order valence-corrected chi connectivity index (χ1v) is 6.89. The van der Waals surface area contributed by atoms with Crippen LogP contribution in [-0.2, 0) is 0 Å². The van der Waals surface area contributed by atoms with Crippen LogP contribution < -0.4 is 10.5 Å². The van der Waals surface area contributed by atoms with Gasteiger partial charge in [0.15, 0.2) is 5.75 Å². The number of halogens is 1. The number of ether oxygens (including phenoxy) is 1. The summed E-state index contributed by atoms with van der Waals surface area (Å²) in [7, 11) is 0. The Morgan fingerprint density at radius 1 is 1.35 bits per heavy atom. The molecule has 110 valence electrons. The first-order valence-electron chi connectivity index (χ1n) is 6.89. The zero-order chi connectivity index (χ0) is 14.5. The molecule has 2 atom stereocenters. The van der Waals surface area contributed by atoms with Crippen molar-refractivity contribution in [1.29, 1.82) is 0 Å². The minimum absolute atomic E-state index is 0.00338. The Hall–Kier alpha value is -1.69. The lowest BCUT2D eigenvalue weighted by Crippen LogP contribution is -2.30. The zero-order valence-corrected chi connectivity index (χ0v) is 11.3. The van der Waals surface area contributed by atoms with Gasteiger partial charge in [-0.05, 0) is 43.4 Å². The van der Waals surface area contributed by atoms with Crippen LogP contribution in [0.1, 0.15) is 25.7 Å². The highest BCUT2D eigenvalue weighted by Gasteiger charge is 2.26. The van der Waals surface area contributed by atoms with Crippen LogP contribution in [0.2, 0.25) is 0 Å². The highest BCUT2D eigenvalue weighted by molar-refractivity contribution is 5.47. The van der Waals surface area contributed by atoms with Crippen LogP contribution in [0.5, 0.6) is 5.75 Å². The van der Waals surface area contributed by atoms with Crippen LogP contribution >= 0.6 is 0 Å². The topological polar surface area (TPSA) is 78.4 Å². The molecule has 0 bridgehead atoms. The molecule has 1 fully saturated rings. The van der Waals surface area contributed by atoms with Gasteiger partial charge in [-0.15, -0.1) is 0 Å². The van der Waals surface area contributed by atoms with Gasteiger partial charge in [-0.25, -0.2) is 0 Å². The van der Waals surface area contributed by atoms with Crippen molar-refractivity contribution in [2.45, 2.75) is 25.7 Å². The predicted octanol–water partition coefficient (Wildman–Crippen LogP) is 2.88. The van der Waals surface area contributed by atoms with Gasteiger partial charge in [0.25, 0.3) is 0 Å². The molecule has 1 aromatic carbocycles. The summed E-state index contributed by atoms with van der Waals surface area (Å²) in [4.78, 5) is 10.1. The number of benzene rings is 1. The van der Waals surface area contributed by atoms with E-state index < -0.39 is 16.4 Å². The number of nitrogens with two attached hydrogens (primary N) is 1. The average Bonchev–Trinajstić information content (AvgIpc) is 2.45. The van der Waals surface area contributed by atoms with E-state index in [1.165, 1.54) is 18.6 Å². The largest absolute Gasteiger partial charge is 0.486 e. The summed E-state index contributed by atoms with van der Waals surface area (Å²) in [6, 6.07) is 3.91. The normalized spacial score (nSPS) is 22.5. The summed E-state index contributed by atoms with van der Waals surface area (Å²) < 4.78 is 19.0. The number of para-hydroxylation sites is 1. The summed E-state index contributed by atoms with van der Waals surface area (Å²) in [5.41, 5.74) is 5.15. The molecule has 6 heteroatoms. The molecule has 0 aromatic heterocycles. The van der Waals surface area contributed by atoms with E-state index in [4.69, 9.17) is 10.5 Å². The maximum absolute atomic E-state index is 13.5. The van der Waals surface area contributed by atoms with Crippen molar-refractivity contribution in [3.8, 4) is 5.75 Å². The molecule has 0 saturated heterocycles. The molecule has 0 amide bonds.